The number of carbonyl (C=O) groups excluding carboxylic acids is 3. The van der Waals surface area contributed by atoms with Gasteiger partial charge in [0.2, 0.25) is 0 Å². The van der Waals surface area contributed by atoms with Crippen molar-refractivity contribution in [2.24, 2.45) is 0 Å². The molecule has 4 rings (SSSR count). The van der Waals surface area contributed by atoms with Crippen LogP contribution < -0.4 is 9.62 Å². The van der Waals surface area contributed by atoms with Crippen LogP contribution in [0.3, 0.4) is 0 Å². The first-order chi connectivity index (χ1) is 17.8. The summed E-state index contributed by atoms with van der Waals surface area (Å²) in [7, 11) is -3.10. The molecule has 3 aromatic rings. The number of rotatable bonds is 6. The van der Waals surface area contributed by atoms with E-state index in [0.29, 0.717) is 17.7 Å². The van der Waals surface area contributed by atoms with Gasteiger partial charge in [-0.3, -0.25) is 14.5 Å². The van der Waals surface area contributed by atoms with Crippen molar-refractivity contribution in [1.82, 2.24) is 4.98 Å². The summed E-state index contributed by atoms with van der Waals surface area (Å²) >= 11 is 0. The van der Waals surface area contributed by atoms with Crippen molar-refractivity contribution in [3.8, 4) is 0 Å². The molecule has 1 aliphatic heterocycles. The fraction of sp³-hybridized carbons (Fsp3) is 0.154. The topological polar surface area (TPSA) is 114 Å². The fourth-order valence-electron chi connectivity index (χ4n) is 3.79. The number of nitrogens with zero attached hydrogens (tertiary/aromatic N) is 3. The predicted octanol–water partition coefficient (Wildman–Crippen LogP) is 4.35. The van der Waals surface area contributed by atoms with E-state index in [-0.39, 0.29) is 16.5 Å². The van der Waals surface area contributed by atoms with Gasteiger partial charge in [0.05, 0.1) is 29.4 Å². The molecule has 0 spiro atoms. The van der Waals surface area contributed by atoms with Crippen LogP contribution in [0, 0.1) is 17.7 Å². The summed E-state index contributed by atoms with van der Waals surface area (Å²) in [6.45, 7) is 3.79. The number of carbonyl (C=O) groups is 3. The molecule has 1 N–H and O–H groups in total. The Bertz CT molecular complexity index is 1570. The molecule has 0 saturated carbocycles. The van der Waals surface area contributed by atoms with Crippen LogP contribution >= 0.6 is 0 Å². The van der Waals surface area contributed by atoms with Crippen molar-refractivity contribution in [3.05, 3.63) is 96.0 Å². The molecule has 1 aliphatic rings. The molecule has 195 valence electrons. The van der Waals surface area contributed by atoms with E-state index in [2.05, 4.69) is 11.1 Å². The summed E-state index contributed by atoms with van der Waals surface area (Å²) in [6, 6.07) is 10.1. The van der Waals surface area contributed by atoms with E-state index in [1.54, 1.807) is 6.07 Å². The van der Waals surface area contributed by atoms with Crippen LogP contribution in [0.4, 0.5) is 25.0 Å². The molecule has 0 fully saturated rings. The normalized spacial score (nSPS) is 17.7. The summed E-state index contributed by atoms with van der Waals surface area (Å²) in [5, 5.41) is 0. The summed E-state index contributed by atoms with van der Waals surface area (Å²) in [4.78, 5) is 43.7. The summed E-state index contributed by atoms with van der Waals surface area (Å²) in [5.74, 6) is -4.80. The maximum Gasteiger partial charge on any atom is 0.442 e. The van der Waals surface area contributed by atoms with Crippen LogP contribution in [0.5, 0.6) is 0 Å². The average Bonchev–Trinajstić information content (AvgIpc) is 2.86. The maximum atomic E-state index is 15.1. The third kappa shape index (κ3) is 4.83. The highest BCUT2D eigenvalue weighted by Crippen LogP contribution is 2.30. The molecule has 4 amide bonds. The SMILES string of the molecule is CC(C)c1[c]ccc(N2C(=O)C=C[N+](C)(C(=O)c3c(F)cc(NS(=O)(=O)c4ccncc4)cc3F)C2=O)c1. The van der Waals surface area contributed by atoms with Crippen LogP contribution in [-0.2, 0) is 14.8 Å². The van der Waals surface area contributed by atoms with Gasteiger partial charge in [-0.15, -0.1) is 4.48 Å². The molecule has 38 heavy (non-hydrogen) atoms. The zero-order valence-corrected chi connectivity index (χ0v) is 21.3. The Morgan fingerprint density at radius 3 is 2.32 bits per heavy atom. The number of urea groups is 1. The molecule has 9 nitrogen and oxygen atoms in total. The zero-order valence-electron chi connectivity index (χ0n) is 20.5. The second kappa shape index (κ2) is 9.88. The van der Waals surface area contributed by atoms with E-state index < -0.39 is 55.2 Å². The van der Waals surface area contributed by atoms with Gasteiger partial charge in [0.1, 0.15) is 17.8 Å². The van der Waals surface area contributed by atoms with Gasteiger partial charge >= 0.3 is 11.9 Å². The number of quaternary nitrogens is 1. The average molecular weight is 541 g/mol. The molecule has 0 saturated heterocycles. The van der Waals surface area contributed by atoms with E-state index in [9.17, 15) is 22.8 Å². The molecular formula is C26H22F2N4O5S+. The number of anilines is 2. The third-order valence-corrected chi connectivity index (χ3v) is 7.30. The standard InChI is InChI=1S/C26H21F2N4O5S/c1-16(2)17-5-4-6-19(13-17)31-23(33)9-12-32(3,26(31)35)25(34)24-21(27)14-18(15-22(24)28)30-38(36,37)20-7-10-29-11-8-20/h4,6-16H,1-3H3/p+1. The van der Waals surface area contributed by atoms with Crippen molar-refractivity contribution in [1.29, 1.82) is 0 Å². The molecule has 1 atom stereocenters. The minimum atomic E-state index is -4.20. The van der Waals surface area contributed by atoms with Crippen molar-refractivity contribution in [2.45, 2.75) is 24.7 Å². The molecular weight excluding hydrogens is 518 g/mol. The van der Waals surface area contributed by atoms with E-state index in [0.717, 1.165) is 24.2 Å². The van der Waals surface area contributed by atoms with Crippen LogP contribution in [-0.4, -0.2) is 42.8 Å². The highest BCUT2D eigenvalue weighted by molar-refractivity contribution is 7.92. The molecule has 0 aliphatic carbocycles. The first kappa shape index (κ1) is 26.8. The molecule has 1 aromatic heterocycles. The fourth-order valence-corrected chi connectivity index (χ4v) is 4.82. The van der Waals surface area contributed by atoms with Crippen molar-refractivity contribution in [2.75, 3.05) is 16.7 Å². The lowest BCUT2D eigenvalue weighted by molar-refractivity contribution is -0.685. The Balaban J connectivity index is 1.69. The number of hydrogen-bond acceptors (Lipinski definition) is 6. The second-order valence-corrected chi connectivity index (χ2v) is 10.6. The molecule has 1 radical (unpaired) electrons. The van der Waals surface area contributed by atoms with E-state index in [1.807, 2.05) is 18.6 Å². The van der Waals surface area contributed by atoms with Gasteiger partial charge in [-0.25, -0.2) is 26.8 Å². The number of amides is 4. The Morgan fingerprint density at radius 1 is 1.08 bits per heavy atom. The van der Waals surface area contributed by atoms with Gasteiger partial charge in [-0.2, -0.15) is 4.90 Å². The Labute approximate surface area is 217 Å². The number of halogens is 2. The van der Waals surface area contributed by atoms with Crippen molar-refractivity contribution in [3.63, 3.8) is 0 Å². The van der Waals surface area contributed by atoms with Crippen molar-refractivity contribution >= 4 is 39.2 Å². The highest BCUT2D eigenvalue weighted by Gasteiger charge is 2.50. The number of benzene rings is 2. The highest BCUT2D eigenvalue weighted by atomic mass is 32.2. The molecule has 0 bridgehead atoms. The van der Waals surface area contributed by atoms with Gasteiger partial charge in [-0.1, -0.05) is 19.9 Å². The van der Waals surface area contributed by atoms with Gasteiger partial charge < -0.3 is 0 Å². The summed E-state index contributed by atoms with van der Waals surface area (Å²) in [6.07, 6.45) is 4.38. The Hall–Kier alpha value is -4.29. The van der Waals surface area contributed by atoms with E-state index in [1.165, 1.54) is 36.7 Å². The minimum Gasteiger partial charge on any atom is -0.279 e. The summed E-state index contributed by atoms with van der Waals surface area (Å²) in [5.41, 5.74) is -0.670. The Morgan fingerprint density at radius 2 is 1.71 bits per heavy atom. The van der Waals surface area contributed by atoms with Gasteiger partial charge in [0, 0.05) is 12.4 Å². The smallest absolute Gasteiger partial charge is 0.279 e. The number of pyridine rings is 1. The lowest BCUT2D eigenvalue weighted by Crippen LogP contribution is -2.60. The molecule has 2 heterocycles. The second-order valence-electron chi connectivity index (χ2n) is 8.91. The van der Waals surface area contributed by atoms with Crippen LogP contribution in [0.25, 0.3) is 0 Å². The number of aromatic nitrogens is 1. The lowest BCUT2D eigenvalue weighted by Gasteiger charge is -2.32. The number of imide groups is 2. The molecule has 1 unspecified atom stereocenters. The quantitative estimate of drug-likeness (QED) is 0.465. The summed E-state index contributed by atoms with van der Waals surface area (Å²) < 4.78 is 56.0. The van der Waals surface area contributed by atoms with Gasteiger partial charge in [-0.05, 0) is 53.9 Å². The monoisotopic (exact) mass is 540 g/mol. The molecule has 2 aromatic carbocycles. The third-order valence-electron chi connectivity index (χ3n) is 5.90. The van der Waals surface area contributed by atoms with Gasteiger partial charge in [0.25, 0.3) is 15.9 Å². The largest absolute Gasteiger partial charge is 0.442 e. The minimum absolute atomic E-state index is 0.0284. The molecule has 12 heteroatoms. The van der Waals surface area contributed by atoms with Crippen LogP contribution in [0.15, 0.2) is 72.0 Å². The zero-order chi connectivity index (χ0) is 27.8. The lowest BCUT2D eigenvalue weighted by atomic mass is 10.0. The van der Waals surface area contributed by atoms with Crippen LogP contribution in [0.1, 0.15) is 35.7 Å². The Kier molecular flexibility index (Phi) is 6.96. The van der Waals surface area contributed by atoms with E-state index >= 15 is 8.78 Å². The first-order valence-corrected chi connectivity index (χ1v) is 12.8. The van der Waals surface area contributed by atoms with Gasteiger partial charge in [0.15, 0.2) is 5.56 Å². The predicted molar refractivity (Wildman–Crippen MR) is 133 cm³/mol. The first-order valence-electron chi connectivity index (χ1n) is 11.3. The van der Waals surface area contributed by atoms with E-state index in [4.69, 9.17) is 0 Å². The maximum absolute atomic E-state index is 15.1. The van der Waals surface area contributed by atoms with Crippen molar-refractivity contribution < 1.29 is 36.1 Å². The number of sulfonamides is 1. The number of nitrogens with one attached hydrogen (secondary N) is 1. The van der Waals surface area contributed by atoms with Crippen LogP contribution in [0.2, 0.25) is 0 Å². The number of hydrogen-bond donors (Lipinski definition) is 1.